The molecule has 0 bridgehead atoms. The Morgan fingerprint density at radius 1 is 1.20 bits per heavy atom. The van der Waals surface area contributed by atoms with Crippen LogP contribution in [0, 0.1) is 0 Å². The molecule has 3 heterocycles. The number of fused-ring (bicyclic) bond motifs is 1. The molecule has 0 fully saturated rings. The molecule has 0 saturated carbocycles. The van der Waals surface area contributed by atoms with Crippen molar-refractivity contribution in [3.05, 3.63) is 47.0 Å². The van der Waals surface area contributed by atoms with Gasteiger partial charge in [0.2, 0.25) is 0 Å². The molecule has 0 radical (unpaired) electrons. The number of esters is 1. The van der Waals surface area contributed by atoms with Crippen LogP contribution in [-0.2, 0) is 9.53 Å². The number of pyridine rings is 2. The molecular weight excluding hydrogens is 406 g/mol. The van der Waals surface area contributed by atoms with Crippen LogP contribution in [0.25, 0.3) is 11.0 Å². The lowest BCUT2D eigenvalue weighted by Gasteiger charge is -2.15. The monoisotopic (exact) mass is 429 g/mol. The number of amides is 1. The molecule has 0 saturated heterocycles. The Balaban J connectivity index is 1.87. The number of ether oxygens (including phenoxy) is 1. The Morgan fingerprint density at radius 2 is 1.93 bits per heavy atom. The van der Waals surface area contributed by atoms with Crippen LogP contribution in [0.15, 0.2) is 30.6 Å². The molecule has 0 aliphatic rings. The minimum atomic E-state index is -1.04. The Morgan fingerprint density at radius 3 is 2.57 bits per heavy atom. The van der Waals surface area contributed by atoms with Crippen LogP contribution >= 0.6 is 11.6 Å². The van der Waals surface area contributed by atoms with E-state index in [-0.39, 0.29) is 17.1 Å². The van der Waals surface area contributed by atoms with Crippen LogP contribution in [0.3, 0.4) is 0 Å². The summed E-state index contributed by atoms with van der Waals surface area (Å²) in [4.78, 5) is 34.0. The molecule has 9 heteroatoms. The molecule has 1 amide bonds. The molecular formula is C21H24ClN5O3. The fourth-order valence-corrected chi connectivity index (χ4v) is 3.04. The van der Waals surface area contributed by atoms with E-state index in [0.717, 1.165) is 5.69 Å². The summed E-state index contributed by atoms with van der Waals surface area (Å²) in [7, 11) is 0. The van der Waals surface area contributed by atoms with Gasteiger partial charge < -0.3 is 10.1 Å². The second-order valence-electron chi connectivity index (χ2n) is 7.55. The third kappa shape index (κ3) is 4.43. The maximum Gasteiger partial charge on any atom is 0.339 e. The fourth-order valence-electron chi connectivity index (χ4n) is 2.87. The zero-order chi connectivity index (χ0) is 22.0. The highest BCUT2D eigenvalue weighted by Crippen LogP contribution is 2.25. The first-order chi connectivity index (χ1) is 14.2. The molecule has 0 aromatic carbocycles. The maximum absolute atomic E-state index is 12.9. The number of carbonyl (C=O) groups is 2. The first kappa shape index (κ1) is 21.7. The van der Waals surface area contributed by atoms with Crippen molar-refractivity contribution in [2.45, 2.75) is 52.7 Å². The molecule has 158 valence electrons. The predicted molar refractivity (Wildman–Crippen MR) is 115 cm³/mol. The largest absolute Gasteiger partial charge is 0.449 e. The van der Waals surface area contributed by atoms with Crippen LogP contribution < -0.4 is 5.32 Å². The number of anilines is 1. The van der Waals surface area contributed by atoms with Gasteiger partial charge in [-0.05, 0) is 44.9 Å². The van der Waals surface area contributed by atoms with Crippen molar-refractivity contribution < 1.29 is 14.3 Å². The first-order valence-electron chi connectivity index (χ1n) is 9.69. The number of aromatic nitrogens is 4. The molecule has 8 nitrogen and oxygen atoms in total. The van der Waals surface area contributed by atoms with Crippen LogP contribution in [0.1, 0.15) is 62.6 Å². The quantitative estimate of drug-likeness (QED) is 0.461. The summed E-state index contributed by atoms with van der Waals surface area (Å²) in [6.45, 7) is 9.46. The van der Waals surface area contributed by atoms with Crippen LogP contribution in [0.2, 0.25) is 5.15 Å². The van der Waals surface area contributed by atoms with Crippen molar-refractivity contribution in [1.82, 2.24) is 19.7 Å². The highest BCUT2D eigenvalue weighted by atomic mass is 35.5. The summed E-state index contributed by atoms with van der Waals surface area (Å²) < 4.78 is 7.21. The Hall–Kier alpha value is -3.00. The van der Waals surface area contributed by atoms with Crippen LogP contribution in [-0.4, -0.2) is 37.7 Å². The van der Waals surface area contributed by atoms with Crippen molar-refractivity contribution in [3.63, 3.8) is 0 Å². The van der Waals surface area contributed by atoms with E-state index in [2.05, 4.69) is 20.4 Å². The highest BCUT2D eigenvalue weighted by Gasteiger charge is 2.24. The molecule has 1 atom stereocenters. The van der Waals surface area contributed by atoms with E-state index in [1.165, 1.54) is 13.1 Å². The summed E-state index contributed by atoms with van der Waals surface area (Å²) in [5.74, 6) is -1.03. The van der Waals surface area contributed by atoms with E-state index in [1.54, 1.807) is 29.1 Å². The number of hydrogen-bond donors (Lipinski definition) is 1. The molecule has 1 unspecified atom stereocenters. The minimum absolute atomic E-state index is 0.0789. The number of halogens is 1. The van der Waals surface area contributed by atoms with Gasteiger partial charge in [-0.3, -0.25) is 4.79 Å². The zero-order valence-corrected chi connectivity index (χ0v) is 18.3. The van der Waals surface area contributed by atoms with Crippen molar-refractivity contribution in [2.24, 2.45) is 0 Å². The van der Waals surface area contributed by atoms with Crippen LogP contribution in [0.4, 0.5) is 5.69 Å². The topological polar surface area (TPSA) is 99.0 Å². The van der Waals surface area contributed by atoms with Gasteiger partial charge in [0.1, 0.15) is 0 Å². The molecule has 3 rings (SSSR count). The lowest BCUT2D eigenvalue weighted by Crippen LogP contribution is -2.30. The smallest absolute Gasteiger partial charge is 0.339 e. The summed E-state index contributed by atoms with van der Waals surface area (Å²) in [5, 5.41) is 7.72. The number of rotatable bonds is 6. The van der Waals surface area contributed by atoms with E-state index < -0.39 is 18.0 Å². The van der Waals surface area contributed by atoms with E-state index in [0.29, 0.717) is 22.3 Å². The molecule has 30 heavy (non-hydrogen) atoms. The number of hydrogen-bond acceptors (Lipinski definition) is 6. The average Bonchev–Trinajstić information content (AvgIpc) is 3.13. The van der Waals surface area contributed by atoms with Gasteiger partial charge in [0, 0.05) is 17.9 Å². The lowest BCUT2D eigenvalue weighted by molar-refractivity contribution is -0.123. The Bertz CT molecular complexity index is 1090. The van der Waals surface area contributed by atoms with Gasteiger partial charge in [0.05, 0.1) is 22.8 Å². The molecule has 0 spiro atoms. The number of nitrogens with one attached hydrogen (secondary N) is 1. The Kier molecular flexibility index (Phi) is 6.36. The van der Waals surface area contributed by atoms with Crippen LogP contribution in [0.5, 0.6) is 0 Å². The van der Waals surface area contributed by atoms with Gasteiger partial charge in [0.25, 0.3) is 5.91 Å². The SMILES string of the molecule is CC(OC(=O)c1cc(C(C)C)nc2c1cnn2C(C)C)C(=O)Nc1cccnc1Cl. The van der Waals surface area contributed by atoms with E-state index in [4.69, 9.17) is 16.3 Å². The second-order valence-corrected chi connectivity index (χ2v) is 7.91. The molecule has 3 aromatic heterocycles. The van der Waals surface area contributed by atoms with Gasteiger partial charge in [-0.15, -0.1) is 0 Å². The molecule has 0 aliphatic heterocycles. The van der Waals surface area contributed by atoms with Gasteiger partial charge in [-0.25, -0.2) is 19.4 Å². The minimum Gasteiger partial charge on any atom is -0.449 e. The molecule has 3 aromatic rings. The van der Waals surface area contributed by atoms with Gasteiger partial charge in [-0.2, -0.15) is 5.10 Å². The normalized spacial score (nSPS) is 12.4. The molecule has 0 aliphatic carbocycles. The van der Waals surface area contributed by atoms with E-state index in [1.807, 2.05) is 27.7 Å². The molecule has 1 N–H and O–H groups in total. The third-order valence-corrected chi connectivity index (χ3v) is 4.86. The summed E-state index contributed by atoms with van der Waals surface area (Å²) in [6.07, 6.45) is 2.07. The van der Waals surface area contributed by atoms with Gasteiger partial charge in [-0.1, -0.05) is 25.4 Å². The maximum atomic E-state index is 12.9. The van der Waals surface area contributed by atoms with Crippen molar-refractivity contribution in [2.75, 3.05) is 5.32 Å². The van der Waals surface area contributed by atoms with Crippen molar-refractivity contribution >= 4 is 40.2 Å². The first-order valence-corrected chi connectivity index (χ1v) is 10.1. The predicted octanol–water partition coefficient (Wildman–Crippen LogP) is 4.37. The lowest BCUT2D eigenvalue weighted by atomic mass is 10.1. The summed E-state index contributed by atoms with van der Waals surface area (Å²) in [6, 6.07) is 5.04. The summed E-state index contributed by atoms with van der Waals surface area (Å²) >= 11 is 5.97. The Labute approximate surface area is 179 Å². The van der Waals surface area contributed by atoms with E-state index >= 15 is 0 Å². The zero-order valence-electron chi connectivity index (χ0n) is 17.5. The summed E-state index contributed by atoms with van der Waals surface area (Å²) in [5.41, 5.74) is 2.03. The standard InChI is InChI=1S/C21H24ClN5O3/c1-11(2)17-9-14(15-10-24-27(12(3)4)19(15)25-17)21(29)30-13(5)20(28)26-16-7-6-8-23-18(16)22/h6-13H,1-5H3,(H,26,28). The fraction of sp³-hybridized carbons (Fsp3) is 0.381. The van der Waals surface area contributed by atoms with Gasteiger partial charge >= 0.3 is 5.97 Å². The highest BCUT2D eigenvalue weighted by molar-refractivity contribution is 6.32. The van der Waals surface area contributed by atoms with Crippen molar-refractivity contribution in [1.29, 1.82) is 0 Å². The third-order valence-electron chi connectivity index (χ3n) is 4.56. The van der Waals surface area contributed by atoms with E-state index in [9.17, 15) is 9.59 Å². The van der Waals surface area contributed by atoms with Gasteiger partial charge in [0.15, 0.2) is 16.9 Å². The average molecular weight is 430 g/mol. The second kappa shape index (κ2) is 8.79. The number of nitrogens with zero attached hydrogens (tertiary/aromatic N) is 4. The van der Waals surface area contributed by atoms with Crippen molar-refractivity contribution in [3.8, 4) is 0 Å². The number of carbonyl (C=O) groups excluding carboxylic acids is 2.